The summed E-state index contributed by atoms with van der Waals surface area (Å²) < 4.78 is 16.5. The SMILES string of the molecule is C1CN(C2(N3CCOCC3)CO2)CCO1. The van der Waals surface area contributed by atoms with Crippen molar-refractivity contribution in [2.45, 2.75) is 5.85 Å². The number of nitrogens with zero attached hydrogens (tertiary/aromatic N) is 2. The van der Waals surface area contributed by atoms with Crippen LogP contribution in [-0.4, -0.2) is 74.9 Å². The lowest BCUT2D eigenvalue weighted by atomic mass is 10.3. The van der Waals surface area contributed by atoms with Crippen LogP contribution in [0.3, 0.4) is 0 Å². The summed E-state index contributed by atoms with van der Waals surface area (Å²) in [5.74, 6) is -0.104. The van der Waals surface area contributed by atoms with E-state index in [0.717, 1.165) is 59.2 Å². The summed E-state index contributed by atoms with van der Waals surface area (Å²) in [5.41, 5.74) is 0. The molecule has 3 aliphatic rings. The van der Waals surface area contributed by atoms with Gasteiger partial charge in [0.1, 0.15) is 6.61 Å². The Morgan fingerprint density at radius 2 is 1.13 bits per heavy atom. The fraction of sp³-hybridized carbons (Fsp3) is 1.00. The van der Waals surface area contributed by atoms with Gasteiger partial charge in [0.25, 0.3) is 0 Å². The van der Waals surface area contributed by atoms with Crippen LogP contribution in [0, 0.1) is 0 Å². The lowest BCUT2D eigenvalue weighted by molar-refractivity contribution is -0.123. The van der Waals surface area contributed by atoms with E-state index in [1.54, 1.807) is 0 Å². The van der Waals surface area contributed by atoms with Crippen molar-refractivity contribution < 1.29 is 14.2 Å². The highest BCUT2D eigenvalue weighted by Crippen LogP contribution is 2.36. The van der Waals surface area contributed by atoms with Crippen molar-refractivity contribution in [1.29, 1.82) is 0 Å². The van der Waals surface area contributed by atoms with Gasteiger partial charge in [-0.2, -0.15) is 0 Å². The molecule has 0 atom stereocenters. The summed E-state index contributed by atoms with van der Waals surface area (Å²) in [6.07, 6.45) is 0. The van der Waals surface area contributed by atoms with Crippen LogP contribution in [0.2, 0.25) is 0 Å². The molecule has 0 N–H and O–H groups in total. The van der Waals surface area contributed by atoms with Crippen LogP contribution < -0.4 is 0 Å². The average Bonchev–Trinajstić information content (AvgIpc) is 3.13. The van der Waals surface area contributed by atoms with Gasteiger partial charge in [-0.15, -0.1) is 0 Å². The normalized spacial score (nSPS) is 32.8. The van der Waals surface area contributed by atoms with Crippen molar-refractivity contribution >= 4 is 0 Å². The highest BCUT2D eigenvalue weighted by Gasteiger charge is 2.55. The van der Waals surface area contributed by atoms with Crippen molar-refractivity contribution in [1.82, 2.24) is 9.80 Å². The first kappa shape index (κ1) is 9.99. The molecule has 3 rings (SSSR count). The number of epoxide rings is 1. The van der Waals surface area contributed by atoms with Gasteiger partial charge in [-0.3, -0.25) is 9.80 Å². The summed E-state index contributed by atoms with van der Waals surface area (Å²) in [6.45, 7) is 8.09. The van der Waals surface area contributed by atoms with E-state index >= 15 is 0 Å². The average molecular weight is 214 g/mol. The maximum atomic E-state index is 5.72. The molecule has 0 amide bonds. The minimum absolute atomic E-state index is 0.104. The molecule has 3 aliphatic heterocycles. The molecule has 0 aromatic heterocycles. The predicted octanol–water partition coefficient (Wildman–Crippen LogP) is -0.665. The van der Waals surface area contributed by atoms with Crippen LogP contribution in [0.1, 0.15) is 0 Å². The maximum absolute atomic E-state index is 5.72. The molecule has 0 aromatic carbocycles. The molecule has 15 heavy (non-hydrogen) atoms. The van der Waals surface area contributed by atoms with Gasteiger partial charge < -0.3 is 14.2 Å². The topological polar surface area (TPSA) is 37.5 Å². The summed E-state index contributed by atoms with van der Waals surface area (Å²) in [7, 11) is 0. The highest BCUT2D eigenvalue weighted by molar-refractivity contribution is 4.93. The zero-order valence-electron chi connectivity index (χ0n) is 8.98. The third kappa shape index (κ3) is 1.79. The zero-order chi connectivity index (χ0) is 10.1. The molecule has 5 heteroatoms. The van der Waals surface area contributed by atoms with Crippen molar-refractivity contribution in [3.05, 3.63) is 0 Å². The van der Waals surface area contributed by atoms with E-state index in [9.17, 15) is 0 Å². The van der Waals surface area contributed by atoms with Gasteiger partial charge in [0, 0.05) is 26.2 Å². The van der Waals surface area contributed by atoms with Gasteiger partial charge in [-0.25, -0.2) is 0 Å². The summed E-state index contributed by atoms with van der Waals surface area (Å²) in [5, 5.41) is 0. The van der Waals surface area contributed by atoms with Gasteiger partial charge in [0.2, 0.25) is 5.85 Å². The monoisotopic (exact) mass is 214 g/mol. The molecule has 3 saturated heterocycles. The highest BCUT2D eigenvalue weighted by atomic mass is 16.6. The van der Waals surface area contributed by atoms with E-state index in [2.05, 4.69) is 9.80 Å². The molecule has 0 spiro atoms. The summed E-state index contributed by atoms with van der Waals surface area (Å²) >= 11 is 0. The van der Waals surface area contributed by atoms with Crippen LogP contribution >= 0.6 is 0 Å². The number of hydrogen-bond acceptors (Lipinski definition) is 5. The largest absolute Gasteiger partial charge is 0.379 e. The van der Waals surface area contributed by atoms with Crippen LogP contribution in [0.4, 0.5) is 0 Å². The molecule has 3 heterocycles. The predicted molar refractivity (Wildman–Crippen MR) is 53.5 cm³/mol. The van der Waals surface area contributed by atoms with Gasteiger partial charge >= 0.3 is 0 Å². The Morgan fingerprint density at radius 1 is 0.733 bits per heavy atom. The van der Waals surface area contributed by atoms with Crippen LogP contribution in [-0.2, 0) is 14.2 Å². The standard InChI is InChI=1S/C10H18N2O3/c1-5-13-6-2-11(1)10(9-15-10)12-3-7-14-8-4-12/h1-9H2. The Bertz CT molecular complexity index is 201. The maximum Gasteiger partial charge on any atom is 0.204 e. The van der Waals surface area contributed by atoms with Crippen LogP contribution in [0.25, 0.3) is 0 Å². The molecular weight excluding hydrogens is 196 g/mol. The number of morpholine rings is 2. The fourth-order valence-corrected chi connectivity index (χ4v) is 2.46. The van der Waals surface area contributed by atoms with E-state index in [1.165, 1.54) is 0 Å². The first-order valence-corrected chi connectivity index (χ1v) is 5.71. The van der Waals surface area contributed by atoms with Crippen molar-refractivity contribution in [3.8, 4) is 0 Å². The second-order valence-corrected chi connectivity index (χ2v) is 4.23. The Morgan fingerprint density at radius 3 is 1.47 bits per heavy atom. The Balaban J connectivity index is 1.66. The van der Waals surface area contributed by atoms with Crippen molar-refractivity contribution in [2.24, 2.45) is 0 Å². The zero-order valence-corrected chi connectivity index (χ0v) is 8.98. The third-order valence-electron chi connectivity index (χ3n) is 3.41. The molecule has 3 fully saturated rings. The first-order valence-electron chi connectivity index (χ1n) is 5.71. The lowest BCUT2D eigenvalue weighted by Gasteiger charge is -2.40. The Hall–Kier alpha value is -0.200. The minimum atomic E-state index is -0.104. The van der Waals surface area contributed by atoms with Crippen molar-refractivity contribution in [2.75, 3.05) is 59.2 Å². The Kier molecular flexibility index (Phi) is 2.66. The van der Waals surface area contributed by atoms with E-state index in [0.29, 0.717) is 0 Å². The molecule has 0 bridgehead atoms. The van der Waals surface area contributed by atoms with Crippen LogP contribution in [0.5, 0.6) is 0 Å². The van der Waals surface area contributed by atoms with Gasteiger partial charge in [-0.05, 0) is 0 Å². The molecule has 0 unspecified atom stereocenters. The molecule has 0 saturated carbocycles. The summed E-state index contributed by atoms with van der Waals surface area (Å²) in [4.78, 5) is 4.81. The molecule has 86 valence electrons. The third-order valence-corrected chi connectivity index (χ3v) is 3.41. The lowest BCUT2D eigenvalue weighted by Crippen LogP contribution is -2.58. The van der Waals surface area contributed by atoms with Gasteiger partial charge in [0.15, 0.2) is 0 Å². The molecule has 0 radical (unpaired) electrons. The number of hydrogen-bond donors (Lipinski definition) is 0. The van der Waals surface area contributed by atoms with E-state index in [1.807, 2.05) is 0 Å². The molecular formula is C10H18N2O3. The van der Waals surface area contributed by atoms with Gasteiger partial charge in [0.05, 0.1) is 26.4 Å². The number of rotatable bonds is 2. The summed E-state index contributed by atoms with van der Waals surface area (Å²) in [6, 6.07) is 0. The minimum Gasteiger partial charge on any atom is -0.379 e. The second-order valence-electron chi connectivity index (χ2n) is 4.23. The fourth-order valence-electron chi connectivity index (χ4n) is 2.46. The molecule has 0 aromatic rings. The van der Waals surface area contributed by atoms with E-state index < -0.39 is 0 Å². The van der Waals surface area contributed by atoms with Gasteiger partial charge in [-0.1, -0.05) is 0 Å². The quantitative estimate of drug-likeness (QED) is 0.570. The molecule has 5 nitrogen and oxygen atoms in total. The number of ether oxygens (including phenoxy) is 3. The van der Waals surface area contributed by atoms with E-state index in [4.69, 9.17) is 14.2 Å². The Labute approximate surface area is 89.9 Å². The molecule has 0 aliphatic carbocycles. The second kappa shape index (κ2) is 3.99. The first-order chi connectivity index (χ1) is 7.42. The smallest absolute Gasteiger partial charge is 0.204 e. The van der Waals surface area contributed by atoms with E-state index in [-0.39, 0.29) is 5.85 Å². The van der Waals surface area contributed by atoms with Crippen LogP contribution in [0.15, 0.2) is 0 Å². The van der Waals surface area contributed by atoms with Crippen molar-refractivity contribution in [3.63, 3.8) is 0 Å².